The Morgan fingerprint density at radius 3 is 2.61 bits per heavy atom. The largest absolute Gasteiger partial charge is 0.492 e. The Bertz CT molecular complexity index is 456. The van der Waals surface area contributed by atoms with Crippen LogP contribution in [0.15, 0.2) is 10.5 Å². The highest BCUT2D eigenvalue weighted by Gasteiger charge is 2.25. The van der Waals surface area contributed by atoms with E-state index in [1.54, 1.807) is 14.2 Å². The first-order valence-corrected chi connectivity index (χ1v) is 6.65. The molecule has 0 spiro atoms. The molecule has 0 amide bonds. The van der Waals surface area contributed by atoms with E-state index in [0.29, 0.717) is 17.1 Å². The summed E-state index contributed by atoms with van der Waals surface area (Å²) in [7, 11) is 3.14. The zero-order valence-electron chi connectivity index (χ0n) is 10.5. The summed E-state index contributed by atoms with van der Waals surface area (Å²) >= 11 is 3.41. The summed E-state index contributed by atoms with van der Waals surface area (Å²) in [6.07, 6.45) is 2.98. The van der Waals surface area contributed by atoms with Crippen LogP contribution in [0.4, 0.5) is 0 Å². The molecule has 1 aliphatic heterocycles. The van der Waals surface area contributed by atoms with Crippen LogP contribution >= 0.6 is 15.9 Å². The molecule has 1 N–H and O–H groups in total. The average Bonchev–Trinajstić information content (AvgIpc) is 2.90. The van der Waals surface area contributed by atoms with Crippen LogP contribution in [0, 0.1) is 0 Å². The first kappa shape index (κ1) is 13.4. The average molecular weight is 314 g/mol. The molecule has 1 heterocycles. The van der Waals surface area contributed by atoms with Crippen molar-refractivity contribution in [2.45, 2.75) is 18.9 Å². The van der Waals surface area contributed by atoms with E-state index < -0.39 is 0 Å². The number of halogens is 1. The van der Waals surface area contributed by atoms with Gasteiger partial charge in [0, 0.05) is 16.1 Å². The van der Waals surface area contributed by atoms with Gasteiger partial charge in [0.15, 0.2) is 17.8 Å². The molecule has 18 heavy (non-hydrogen) atoms. The second-order valence-corrected chi connectivity index (χ2v) is 5.05. The zero-order valence-corrected chi connectivity index (χ0v) is 12.0. The van der Waals surface area contributed by atoms with E-state index in [-0.39, 0.29) is 6.04 Å². The van der Waals surface area contributed by atoms with Crippen molar-refractivity contribution in [3.05, 3.63) is 21.7 Å². The summed E-state index contributed by atoms with van der Waals surface area (Å²) in [5.41, 5.74) is 1.51. The Hall–Kier alpha value is -1.07. The van der Waals surface area contributed by atoms with Crippen molar-refractivity contribution in [2.75, 3.05) is 20.8 Å². The van der Waals surface area contributed by atoms with Crippen LogP contribution in [-0.4, -0.2) is 27.1 Å². The molecule has 1 saturated heterocycles. The molecule has 1 unspecified atom stereocenters. The lowest BCUT2D eigenvalue weighted by Crippen LogP contribution is -2.14. The standard InChI is InChI=1S/C13H16BrNO3/c1-17-12-8(11-4-3-5-15-11)6-10(14)9(7-16)13(12)18-2/h6-7,11,15H,3-5H2,1-2H3. The monoisotopic (exact) mass is 313 g/mol. The minimum Gasteiger partial charge on any atom is -0.492 e. The zero-order chi connectivity index (χ0) is 13.1. The Morgan fingerprint density at radius 1 is 1.39 bits per heavy atom. The number of hydrogen-bond donors (Lipinski definition) is 1. The predicted octanol–water partition coefficient (Wildman–Crippen LogP) is 2.70. The molecule has 1 fully saturated rings. The number of aldehydes is 1. The highest BCUT2D eigenvalue weighted by molar-refractivity contribution is 9.10. The first-order chi connectivity index (χ1) is 8.72. The minimum absolute atomic E-state index is 0.255. The molecule has 1 aromatic rings. The normalized spacial score (nSPS) is 18.7. The fourth-order valence-electron chi connectivity index (χ4n) is 2.37. The molecule has 98 valence electrons. The molecule has 0 radical (unpaired) electrons. The van der Waals surface area contributed by atoms with Crippen LogP contribution < -0.4 is 14.8 Å². The third kappa shape index (κ3) is 2.24. The summed E-state index contributed by atoms with van der Waals surface area (Å²) in [4.78, 5) is 11.1. The molecule has 5 heteroatoms. The van der Waals surface area contributed by atoms with Gasteiger partial charge in [-0.2, -0.15) is 0 Å². The van der Waals surface area contributed by atoms with Gasteiger partial charge in [-0.25, -0.2) is 0 Å². The highest BCUT2D eigenvalue weighted by Crippen LogP contribution is 2.42. The van der Waals surface area contributed by atoms with Crippen molar-refractivity contribution < 1.29 is 14.3 Å². The van der Waals surface area contributed by atoms with Crippen LogP contribution in [0.3, 0.4) is 0 Å². The molecule has 1 aliphatic rings. The maximum absolute atomic E-state index is 11.1. The van der Waals surface area contributed by atoms with Gasteiger partial charge < -0.3 is 14.8 Å². The lowest BCUT2D eigenvalue weighted by Gasteiger charge is -2.19. The molecule has 0 bridgehead atoms. The number of rotatable bonds is 4. The number of ether oxygens (including phenoxy) is 2. The van der Waals surface area contributed by atoms with Crippen LogP contribution in [0.2, 0.25) is 0 Å². The number of nitrogens with one attached hydrogen (secondary N) is 1. The number of methoxy groups -OCH3 is 2. The highest BCUT2D eigenvalue weighted by atomic mass is 79.9. The fourth-order valence-corrected chi connectivity index (χ4v) is 2.89. The fraction of sp³-hybridized carbons (Fsp3) is 0.462. The Morgan fingerprint density at radius 2 is 2.11 bits per heavy atom. The molecule has 4 nitrogen and oxygen atoms in total. The first-order valence-electron chi connectivity index (χ1n) is 5.85. The quantitative estimate of drug-likeness (QED) is 0.868. The lowest BCUT2D eigenvalue weighted by molar-refractivity contribution is 0.111. The molecule has 0 saturated carbocycles. The van der Waals surface area contributed by atoms with E-state index in [2.05, 4.69) is 21.2 Å². The van der Waals surface area contributed by atoms with E-state index in [1.165, 1.54) is 0 Å². The summed E-state index contributed by atoms with van der Waals surface area (Å²) in [5, 5.41) is 3.42. The van der Waals surface area contributed by atoms with E-state index in [9.17, 15) is 4.79 Å². The summed E-state index contributed by atoms with van der Waals surface area (Å²) < 4.78 is 11.5. The molecule has 1 atom stereocenters. The number of hydrogen-bond acceptors (Lipinski definition) is 4. The van der Waals surface area contributed by atoms with Crippen LogP contribution in [0.1, 0.15) is 34.8 Å². The third-order valence-electron chi connectivity index (χ3n) is 3.21. The molecule has 0 aromatic heterocycles. The van der Waals surface area contributed by atoms with Crippen LogP contribution in [-0.2, 0) is 0 Å². The van der Waals surface area contributed by atoms with Gasteiger partial charge in [-0.15, -0.1) is 0 Å². The van der Waals surface area contributed by atoms with Crippen molar-refractivity contribution in [3.63, 3.8) is 0 Å². The van der Waals surface area contributed by atoms with Crippen molar-refractivity contribution in [3.8, 4) is 11.5 Å². The van der Waals surface area contributed by atoms with E-state index in [1.807, 2.05) is 6.07 Å². The van der Waals surface area contributed by atoms with E-state index in [4.69, 9.17) is 9.47 Å². The summed E-state index contributed by atoms with van der Waals surface area (Å²) in [5.74, 6) is 1.13. The van der Waals surface area contributed by atoms with Gasteiger partial charge in [-0.1, -0.05) is 0 Å². The van der Waals surface area contributed by atoms with Crippen molar-refractivity contribution >= 4 is 22.2 Å². The minimum atomic E-state index is 0.255. The van der Waals surface area contributed by atoms with Gasteiger partial charge in [-0.05, 0) is 41.4 Å². The predicted molar refractivity (Wildman–Crippen MR) is 72.6 cm³/mol. The topological polar surface area (TPSA) is 47.6 Å². The smallest absolute Gasteiger partial charge is 0.172 e. The maximum atomic E-state index is 11.1. The molecular formula is C13H16BrNO3. The number of carbonyl (C=O) groups excluding carboxylic acids is 1. The van der Waals surface area contributed by atoms with Crippen molar-refractivity contribution in [1.29, 1.82) is 0 Å². The Labute approximate surface area is 115 Å². The van der Waals surface area contributed by atoms with Gasteiger partial charge in [0.25, 0.3) is 0 Å². The van der Waals surface area contributed by atoms with Gasteiger partial charge >= 0.3 is 0 Å². The number of benzene rings is 1. The maximum Gasteiger partial charge on any atom is 0.172 e. The van der Waals surface area contributed by atoms with Crippen molar-refractivity contribution in [1.82, 2.24) is 5.32 Å². The summed E-state index contributed by atoms with van der Waals surface area (Å²) in [6.45, 7) is 1.00. The molecular weight excluding hydrogens is 298 g/mol. The van der Waals surface area contributed by atoms with Gasteiger partial charge in [0.2, 0.25) is 0 Å². The number of carbonyl (C=O) groups is 1. The molecule has 2 rings (SSSR count). The Balaban J connectivity index is 2.58. The van der Waals surface area contributed by atoms with Gasteiger partial charge in [0.05, 0.1) is 19.8 Å². The van der Waals surface area contributed by atoms with Crippen LogP contribution in [0.25, 0.3) is 0 Å². The van der Waals surface area contributed by atoms with Crippen molar-refractivity contribution in [2.24, 2.45) is 0 Å². The third-order valence-corrected chi connectivity index (χ3v) is 3.87. The van der Waals surface area contributed by atoms with Gasteiger partial charge in [0.1, 0.15) is 0 Å². The van der Waals surface area contributed by atoms with Crippen LogP contribution in [0.5, 0.6) is 11.5 Å². The SMILES string of the molecule is COc1c(C2CCCN2)cc(Br)c(C=O)c1OC. The van der Waals surface area contributed by atoms with E-state index >= 15 is 0 Å². The molecule has 1 aromatic carbocycles. The second-order valence-electron chi connectivity index (χ2n) is 4.19. The summed E-state index contributed by atoms with van der Waals surface area (Å²) in [6, 6.07) is 2.19. The second kappa shape index (κ2) is 5.71. The van der Waals surface area contributed by atoms with E-state index in [0.717, 1.165) is 35.7 Å². The lowest BCUT2D eigenvalue weighted by atomic mass is 10.0. The Kier molecular flexibility index (Phi) is 4.24. The van der Waals surface area contributed by atoms with Gasteiger partial charge in [-0.3, -0.25) is 4.79 Å². The molecule has 0 aliphatic carbocycles.